The summed E-state index contributed by atoms with van der Waals surface area (Å²) in [5.41, 5.74) is 3.87. The average molecular weight is 458 g/mol. The number of carbonyl (C=O) groups is 3. The number of ether oxygens (including phenoxy) is 1. The second-order valence-corrected chi connectivity index (χ2v) is 8.34. The van der Waals surface area contributed by atoms with Crippen molar-refractivity contribution in [2.75, 3.05) is 23.9 Å². The Labute approximate surface area is 198 Å². The van der Waals surface area contributed by atoms with E-state index < -0.39 is 5.92 Å². The van der Waals surface area contributed by atoms with Gasteiger partial charge in [-0.25, -0.2) is 0 Å². The molecule has 0 spiro atoms. The maximum absolute atomic E-state index is 12.8. The lowest BCUT2D eigenvalue weighted by Gasteiger charge is -2.17. The van der Waals surface area contributed by atoms with Crippen molar-refractivity contribution in [1.82, 2.24) is 5.32 Å². The monoisotopic (exact) mass is 457 g/mol. The van der Waals surface area contributed by atoms with Crippen molar-refractivity contribution in [3.63, 3.8) is 0 Å². The number of amides is 3. The maximum Gasteiger partial charge on any atom is 0.251 e. The predicted molar refractivity (Wildman–Crippen MR) is 131 cm³/mol. The molecule has 1 aliphatic heterocycles. The molecule has 1 saturated heterocycles. The second-order valence-electron chi connectivity index (χ2n) is 8.34. The van der Waals surface area contributed by atoms with E-state index in [1.165, 1.54) is 0 Å². The van der Waals surface area contributed by atoms with E-state index in [9.17, 15) is 14.4 Å². The van der Waals surface area contributed by atoms with Gasteiger partial charge in [0.15, 0.2) is 0 Å². The molecule has 0 radical (unpaired) electrons. The molecule has 3 aromatic carbocycles. The fourth-order valence-electron chi connectivity index (χ4n) is 3.87. The number of methoxy groups -OCH3 is 1. The third-order valence-corrected chi connectivity index (χ3v) is 5.85. The fraction of sp³-hybridized carbons (Fsp3) is 0.222. The molecule has 2 N–H and O–H groups in total. The minimum atomic E-state index is -0.478. The van der Waals surface area contributed by atoms with Crippen molar-refractivity contribution in [2.45, 2.75) is 19.9 Å². The number of nitrogens with zero attached hydrogens (tertiary/aromatic N) is 1. The van der Waals surface area contributed by atoms with Crippen LogP contribution >= 0.6 is 0 Å². The largest absolute Gasteiger partial charge is 0.497 e. The minimum Gasteiger partial charge on any atom is -0.497 e. The quantitative estimate of drug-likeness (QED) is 0.563. The number of hydrogen-bond acceptors (Lipinski definition) is 4. The molecule has 1 aliphatic rings. The molecule has 1 fully saturated rings. The van der Waals surface area contributed by atoms with Gasteiger partial charge in [-0.2, -0.15) is 0 Å². The van der Waals surface area contributed by atoms with E-state index in [2.05, 4.69) is 10.6 Å². The van der Waals surface area contributed by atoms with Crippen molar-refractivity contribution in [2.24, 2.45) is 5.92 Å². The van der Waals surface area contributed by atoms with Crippen LogP contribution in [0.25, 0.3) is 0 Å². The Bertz CT molecular complexity index is 1190. The number of benzene rings is 3. The number of rotatable bonds is 7. The van der Waals surface area contributed by atoms with Crippen LogP contribution in [0.2, 0.25) is 0 Å². The Morgan fingerprint density at radius 1 is 1.03 bits per heavy atom. The van der Waals surface area contributed by atoms with Crippen LogP contribution in [0, 0.1) is 12.8 Å². The number of nitrogens with one attached hydrogen (secondary N) is 2. The van der Waals surface area contributed by atoms with Crippen LogP contribution < -0.4 is 20.3 Å². The van der Waals surface area contributed by atoms with Crippen molar-refractivity contribution in [3.8, 4) is 5.75 Å². The highest BCUT2D eigenvalue weighted by molar-refractivity contribution is 6.04. The Morgan fingerprint density at radius 2 is 1.76 bits per heavy atom. The predicted octanol–water partition coefficient (Wildman–Crippen LogP) is 3.93. The van der Waals surface area contributed by atoms with Crippen LogP contribution in [0.1, 0.15) is 27.9 Å². The standard InChI is InChI=1S/C27H27N3O4/c1-18-6-8-19(9-7-18)16-28-26(32)20-4-3-5-22(14-20)29-27(33)21-15-25(31)30(17-21)23-10-12-24(34-2)13-11-23/h3-14,21H,15-17H2,1-2H3,(H,28,32)(H,29,33). The van der Waals surface area contributed by atoms with Gasteiger partial charge in [0.05, 0.1) is 13.0 Å². The Hall–Kier alpha value is -4.13. The molecule has 3 aromatic rings. The van der Waals surface area contributed by atoms with Crippen molar-refractivity contribution in [1.29, 1.82) is 0 Å². The summed E-state index contributed by atoms with van der Waals surface area (Å²) in [6.07, 6.45) is 0.134. The lowest BCUT2D eigenvalue weighted by molar-refractivity contribution is -0.122. The summed E-state index contributed by atoms with van der Waals surface area (Å²) in [6.45, 7) is 2.73. The molecule has 0 aliphatic carbocycles. The number of anilines is 2. The molecular weight excluding hydrogens is 430 g/mol. The van der Waals surface area contributed by atoms with Crippen LogP contribution in [-0.4, -0.2) is 31.4 Å². The first-order valence-corrected chi connectivity index (χ1v) is 11.1. The van der Waals surface area contributed by atoms with Crippen LogP contribution in [0.5, 0.6) is 5.75 Å². The zero-order valence-corrected chi connectivity index (χ0v) is 19.2. The third kappa shape index (κ3) is 5.43. The Balaban J connectivity index is 1.35. The zero-order chi connectivity index (χ0) is 24.1. The second kappa shape index (κ2) is 10.2. The lowest BCUT2D eigenvalue weighted by Crippen LogP contribution is -2.28. The van der Waals surface area contributed by atoms with E-state index in [0.717, 1.165) is 16.8 Å². The highest BCUT2D eigenvalue weighted by Gasteiger charge is 2.35. The van der Waals surface area contributed by atoms with Gasteiger partial charge in [0.1, 0.15) is 5.75 Å². The third-order valence-electron chi connectivity index (χ3n) is 5.85. The molecule has 7 heteroatoms. The molecule has 4 rings (SSSR count). The van der Waals surface area contributed by atoms with E-state index in [1.54, 1.807) is 60.5 Å². The first-order valence-electron chi connectivity index (χ1n) is 11.1. The van der Waals surface area contributed by atoms with Crippen molar-refractivity contribution in [3.05, 3.63) is 89.5 Å². The molecule has 0 saturated carbocycles. The van der Waals surface area contributed by atoms with Gasteiger partial charge in [0, 0.05) is 36.4 Å². The molecule has 34 heavy (non-hydrogen) atoms. The van der Waals surface area contributed by atoms with Gasteiger partial charge >= 0.3 is 0 Å². The summed E-state index contributed by atoms with van der Waals surface area (Å²) >= 11 is 0. The van der Waals surface area contributed by atoms with Gasteiger partial charge < -0.3 is 20.3 Å². The highest BCUT2D eigenvalue weighted by atomic mass is 16.5. The SMILES string of the molecule is COc1ccc(N2CC(C(=O)Nc3cccc(C(=O)NCc4ccc(C)cc4)c3)CC2=O)cc1. The van der Waals surface area contributed by atoms with E-state index in [-0.39, 0.29) is 24.1 Å². The molecule has 1 heterocycles. The van der Waals surface area contributed by atoms with E-state index in [0.29, 0.717) is 30.1 Å². The summed E-state index contributed by atoms with van der Waals surface area (Å²) in [4.78, 5) is 39.5. The zero-order valence-electron chi connectivity index (χ0n) is 19.2. The average Bonchev–Trinajstić information content (AvgIpc) is 3.25. The van der Waals surface area contributed by atoms with Gasteiger partial charge in [-0.05, 0) is 55.0 Å². The highest BCUT2D eigenvalue weighted by Crippen LogP contribution is 2.27. The van der Waals surface area contributed by atoms with Crippen LogP contribution in [0.4, 0.5) is 11.4 Å². The smallest absolute Gasteiger partial charge is 0.251 e. The maximum atomic E-state index is 12.8. The van der Waals surface area contributed by atoms with E-state index in [4.69, 9.17) is 4.74 Å². The molecule has 0 bridgehead atoms. The lowest BCUT2D eigenvalue weighted by atomic mass is 10.1. The molecule has 174 valence electrons. The Kier molecular flexibility index (Phi) is 6.92. The first-order chi connectivity index (χ1) is 16.4. The minimum absolute atomic E-state index is 0.102. The number of hydrogen-bond donors (Lipinski definition) is 2. The van der Waals surface area contributed by atoms with Gasteiger partial charge in [-0.1, -0.05) is 35.9 Å². The normalized spacial score (nSPS) is 15.2. The van der Waals surface area contributed by atoms with E-state index in [1.807, 2.05) is 31.2 Å². The summed E-state index contributed by atoms with van der Waals surface area (Å²) in [5, 5.41) is 5.75. The number of aryl methyl sites for hydroxylation is 1. The van der Waals surface area contributed by atoms with Crippen molar-refractivity contribution < 1.29 is 19.1 Å². The van der Waals surface area contributed by atoms with Crippen molar-refractivity contribution >= 4 is 29.1 Å². The first kappa shape index (κ1) is 23.0. The molecule has 3 amide bonds. The molecule has 1 atom stereocenters. The van der Waals surface area contributed by atoms with Gasteiger partial charge in [0.25, 0.3) is 5.91 Å². The van der Waals surface area contributed by atoms with Gasteiger partial charge in [-0.15, -0.1) is 0 Å². The van der Waals surface area contributed by atoms with Gasteiger partial charge in [-0.3, -0.25) is 14.4 Å². The summed E-state index contributed by atoms with van der Waals surface area (Å²) in [6, 6.07) is 21.9. The molecule has 7 nitrogen and oxygen atoms in total. The van der Waals surface area contributed by atoms with Gasteiger partial charge in [0.2, 0.25) is 11.8 Å². The number of carbonyl (C=O) groups excluding carboxylic acids is 3. The van der Waals surface area contributed by atoms with E-state index >= 15 is 0 Å². The van der Waals surface area contributed by atoms with Crippen LogP contribution in [0.15, 0.2) is 72.8 Å². The fourth-order valence-corrected chi connectivity index (χ4v) is 3.87. The summed E-state index contributed by atoms with van der Waals surface area (Å²) in [5.74, 6) is -0.351. The topological polar surface area (TPSA) is 87.7 Å². The molecule has 0 aromatic heterocycles. The Morgan fingerprint density at radius 3 is 2.47 bits per heavy atom. The van der Waals surface area contributed by atoms with Crippen LogP contribution in [0.3, 0.4) is 0 Å². The van der Waals surface area contributed by atoms with Crippen LogP contribution in [-0.2, 0) is 16.1 Å². The summed E-state index contributed by atoms with van der Waals surface area (Å²) in [7, 11) is 1.58. The summed E-state index contributed by atoms with van der Waals surface area (Å²) < 4.78 is 5.16. The molecular formula is C27H27N3O4. The molecule has 1 unspecified atom stereocenters.